The Morgan fingerprint density at radius 2 is 1.88 bits per heavy atom. The Balaban J connectivity index is 1.68. The van der Waals surface area contributed by atoms with Crippen LogP contribution in [0.3, 0.4) is 0 Å². The number of para-hydroxylation sites is 2. The van der Waals surface area contributed by atoms with Gasteiger partial charge in [0.25, 0.3) is 0 Å². The van der Waals surface area contributed by atoms with E-state index in [1.165, 1.54) is 6.42 Å². The van der Waals surface area contributed by atoms with Crippen LogP contribution in [-0.2, 0) is 9.59 Å². The van der Waals surface area contributed by atoms with Crippen molar-refractivity contribution in [3.05, 3.63) is 24.3 Å². The maximum Gasteiger partial charge on any atom is 0.242 e. The summed E-state index contributed by atoms with van der Waals surface area (Å²) in [5.41, 5.74) is 1.74. The summed E-state index contributed by atoms with van der Waals surface area (Å²) in [5, 5.41) is 3.26. The lowest BCUT2D eigenvalue weighted by Gasteiger charge is -2.39. The monoisotopic (exact) mass is 329 g/mol. The van der Waals surface area contributed by atoms with Gasteiger partial charge < -0.3 is 15.1 Å². The molecule has 0 aliphatic carbocycles. The van der Waals surface area contributed by atoms with E-state index >= 15 is 0 Å². The van der Waals surface area contributed by atoms with Crippen molar-refractivity contribution in [1.82, 2.24) is 4.90 Å². The lowest BCUT2D eigenvalue weighted by atomic mass is 9.97. The molecular formula is C19H27N3O2. The number of amides is 2. The van der Waals surface area contributed by atoms with Crippen LogP contribution >= 0.6 is 0 Å². The molecule has 2 saturated heterocycles. The van der Waals surface area contributed by atoms with Gasteiger partial charge in [0.2, 0.25) is 11.8 Å². The van der Waals surface area contributed by atoms with Crippen molar-refractivity contribution in [1.29, 1.82) is 0 Å². The number of nitrogens with one attached hydrogen (secondary N) is 1. The van der Waals surface area contributed by atoms with Crippen molar-refractivity contribution in [2.45, 2.75) is 58.0 Å². The van der Waals surface area contributed by atoms with Gasteiger partial charge in [0.1, 0.15) is 0 Å². The van der Waals surface area contributed by atoms with E-state index in [2.05, 4.69) is 19.2 Å². The molecular weight excluding hydrogens is 302 g/mol. The number of benzene rings is 1. The molecule has 1 aromatic carbocycles. The standard InChI is InChI=1S/C19H27N3O2/c1-14-7-5-8-15(2)22(14)19(24)13-20-16-9-3-4-10-17(16)21-12-6-11-18(21)23/h3-4,9-10,14-15,20H,5-8,11-13H2,1-2H3. The summed E-state index contributed by atoms with van der Waals surface area (Å²) in [4.78, 5) is 28.5. The lowest BCUT2D eigenvalue weighted by molar-refractivity contribution is -0.135. The fourth-order valence-electron chi connectivity index (χ4n) is 3.94. The van der Waals surface area contributed by atoms with Gasteiger partial charge in [-0.1, -0.05) is 12.1 Å². The van der Waals surface area contributed by atoms with Crippen LogP contribution in [0, 0.1) is 0 Å². The van der Waals surface area contributed by atoms with Crippen LogP contribution < -0.4 is 10.2 Å². The Morgan fingerprint density at radius 3 is 2.54 bits per heavy atom. The van der Waals surface area contributed by atoms with Crippen LogP contribution in [0.4, 0.5) is 11.4 Å². The summed E-state index contributed by atoms with van der Waals surface area (Å²) in [6, 6.07) is 8.36. The average Bonchev–Trinajstić information content (AvgIpc) is 2.99. The first-order chi connectivity index (χ1) is 11.6. The van der Waals surface area contributed by atoms with Crippen molar-refractivity contribution in [2.24, 2.45) is 0 Å². The summed E-state index contributed by atoms with van der Waals surface area (Å²) in [6.45, 7) is 5.29. The van der Waals surface area contributed by atoms with Gasteiger partial charge in [0, 0.05) is 25.0 Å². The van der Waals surface area contributed by atoms with E-state index < -0.39 is 0 Å². The Bertz CT molecular complexity index is 606. The number of hydrogen-bond acceptors (Lipinski definition) is 3. The first-order valence-electron chi connectivity index (χ1n) is 9.02. The fourth-order valence-corrected chi connectivity index (χ4v) is 3.94. The van der Waals surface area contributed by atoms with Crippen LogP contribution in [0.15, 0.2) is 24.3 Å². The van der Waals surface area contributed by atoms with E-state index in [-0.39, 0.29) is 18.4 Å². The number of carbonyl (C=O) groups is 2. The van der Waals surface area contributed by atoms with Gasteiger partial charge in [0.15, 0.2) is 0 Å². The Labute approximate surface area is 144 Å². The molecule has 2 amide bonds. The fraction of sp³-hybridized carbons (Fsp3) is 0.579. The maximum atomic E-state index is 12.7. The molecule has 2 aliphatic rings. The Hall–Kier alpha value is -2.04. The zero-order valence-corrected chi connectivity index (χ0v) is 14.6. The van der Waals surface area contributed by atoms with Gasteiger partial charge in [-0.15, -0.1) is 0 Å². The molecule has 0 bridgehead atoms. The van der Waals surface area contributed by atoms with Gasteiger partial charge in [0.05, 0.1) is 17.9 Å². The molecule has 2 aliphatic heterocycles. The zero-order valence-electron chi connectivity index (χ0n) is 14.6. The second-order valence-corrected chi connectivity index (χ2v) is 6.95. The van der Waals surface area contributed by atoms with Crippen molar-refractivity contribution >= 4 is 23.2 Å². The minimum Gasteiger partial charge on any atom is -0.374 e. The van der Waals surface area contributed by atoms with E-state index in [0.29, 0.717) is 18.5 Å². The number of piperidine rings is 1. The molecule has 2 heterocycles. The number of carbonyl (C=O) groups excluding carboxylic acids is 2. The number of hydrogen-bond donors (Lipinski definition) is 1. The molecule has 2 fully saturated rings. The van der Waals surface area contributed by atoms with E-state index in [1.54, 1.807) is 0 Å². The summed E-state index contributed by atoms with van der Waals surface area (Å²) in [6.07, 6.45) is 4.86. The normalized spacial score (nSPS) is 24.3. The highest BCUT2D eigenvalue weighted by Gasteiger charge is 2.29. The lowest BCUT2D eigenvalue weighted by Crippen LogP contribution is -2.49. The van der Waals surface area contributed by atoms with Crippen LogP contribution in [-0.4, -0.2) is 41.9 Å². The van der Waals surface area contributed by atoms with Gasteiger partial charge >= 0.3 is 0 Å². The van der Waals surface area contributed by atoms with E-state index in [9.17, 15) is 9.59 Å². The quantitative estimate of drug-likeness (QED) is 0.924. The number of anilines is 2. The largest absolute Gasteiger partial charge is 0.374 e. The van der Waals surface area contributed by atoms with E-state index in [1.807, 2.05) is 34.1 Å². The topological polar surface area (TPSA) is 52.7 Å². The molecule has 1 aromatic rings. The molecule has 5 nitrogen and oxygen atoms in total. The number of nitrogens with zero attached hydrogens (tertiary/aromatic N) is 2. The van der Waals surface area contributed by atoms with Crippen LogP contribution in [0.25, 0.3) is 0 Å². The zero-order chi connectivity index (χ0) is 17.1. The summed E-state index contributed by atoms with van der Waals surface area (Å²) >= 11 is 0. The molecule has 24 heavy (non-hydrogen) atoms. The van der Waals surface area contributed by atoms with E-state index in [0.717, 1.165) is 37.2 Å². The van der Waals surface area contributed by atoms with Crippen LogP contribution in [0.5, 0.6) is 0 Å². The predicted octanol–water partition coefficient (Wildman–Crippen LogP) is 3.01. The SMILES string of the molecule is CC1CCCC(C)N1C(=O)CNc1ccccc1N1CCCC1=O. The van der Waals surface area contributed by atoms with Crippen LogP contribution in [0.1, 0.15) is 46.0 Å². The highest BCUT2D eigenvalue weighted by Crippen LogP contribution is 2.29. The Kier molecular flexibility index (Phi) is 5.07. The van der Waals surface area contributed by atoms with Gasteiger partial charge in [-0.2, -0.15) is 0 Å². The molecule has 1 N–H and O–H groups in total. The van der Waals surface area contributed by atoms with Crippen LogP contribution in [0.2, 0.25) is 0 Å². The third-order valence-corrected chi connectivity index (χ3v) is 5.18. The molecule has 0 radical (unpaired) electrons. The van der Waals surface area contributed by atoms with Crippen molar-refractivity contribution in [3.63, 3.8) is 0 Å². The third kappa shape index (κ3) is 3.40. The van der Waals surface area contributed by atoms with Crippen molar-refractivity contribution in [3.8, 4) is 0 Å². The van der Waals surface area contributed by atoms with Crippen molar-refractivity contribution < 1.29 is 9.59 Å². The first kappa shape index (κ1) is 16.8. The van der Waals surface area contributed by atoms with Gasteiger partial charge in [-0.25, -0.2) is 0 Å². The number of rotatable bonds is 4. The maximum absolute atomic E-state index is 12.7. The van der Waals surface area contributed by atoms with E-state index in [4.69, 9.17) is 0 Å². The minimum atomic E-state index is 0.136. The molecule has 0 saturated carbocycles. The smallest absolute Gasteiger partial charge is 0.242 e. The van der Waals surface area contributed by atoms with Gasteiger partial charge in [-0.05, 0) is 51.7 Å². The third-order valence-electron chi connectivity index (χ3n) is 5.18. The highest BCUT2D eigenvalue weighted by molar-refractivity contribution is 5.98. The first-order valence-corrected chi connectivity index (χ1v) is 9.02. The minimum absolute atomic E-state index is 0.136. The average molecular weight is 329 g/mol. The molecule has 2 atom stereocenters. The molecule has 2 unspecified atom stereocenters. The predicted molar refractivity (Wildman–Crippen MR) is 96.1 cm³/mol. The van der Waals surface area contributed by atoms with Crippen molar-refractivity contribution in [2.75, 3.05) is 23.3 Å². The van der Waals surface area contributed by atoms with Gasteiger partial charge in [-0.3, -0.25) is 9.59 Å². The number of likely N-dealkylation sites (tertiary alicyclic amines) is 1. The summed E-state index contributed by atoms with van der Waals surface area (Å²) in [5.74, 6) is 0.297. The molecule has 5 heteroatoms. The Morgan fingerprint density at radius 1 is 1.17 bits per heavy atom. The summed E-state index contributed by atoms with van der Waals surface area (Å²) < 4.78 is 0. The summed E-state index contributed by atoms with van der Waals surface area (Å²) in [7, 11) is 0. The molecule has 130 valence electrons. The highest BCUT2D eigenvalue weighted by atomic mass is 16.2. The molecule has 0 spiro atoms. The molecule has 3 rings (SSSR count). The second kappa shape index (κ2) is 7.24. The second-order valence-electron chi connectivity index (χ2n) is 6.95. The molecule has 0 aromatic heterocycles.